The molecule has 0 saturated carbocycles. The number of rotatable bonds is 5. The van der Waals surface area contributed by atoms with Gasteiger partial charge in [0.05, 0.1) is 17.6 Å². The normalized spacial score (nSPS) is 16.7. The zero-order valence-corrected chi connectivity index (χ0v) is 20.9. The van der Waals surface area contributed by atoms with Gasteiger partial charge < -0.3 is 14.6 Å². The molecule has 0 spiro atoms. The first-order valence-electron chi connectivity index (χ1n) is 12.4. The number of hydrogen-bond acceptors (Lipinski definition) is 6. The van der Waals surface area contributed by atoms with E-state index in [9.17, 15) is 9.59 Å². The molecule has 37 heavy (non-hydrogen) atoms. The third-order valence-corrected chi connectivity index (χ3v) is 6.82. The van der Waals surface area contributed by atoms with Crippen molar-refractivity contribution in [2.45, 2.75) is 33.2 Å². The number of hydrogen-bond donors (Lipinski definition) is 1. The molecular weight excluding hydrogens is 466 g/mol. The fourth-order valence-corrected chi connectivity index (χ4v) is 5.37. The number of nitrogens with one attached hydrogen (secondary N) is 1. The average molecular weight is 494 g/mol. The van der Waals surface area contributed by atoms with Gasteiger partial charge in [-0.05, 0) is 47.4 Å². The number of nitrogens with zero attached hydrogens (tertiary/aromatic N) is 4. The molecule has 1 unspecified atom stereocenters. The minimum absolute atomic E-state index is 0.223. The van der Waals surface area contributed by atoms with Crippen molar-refractivity contribution in [3.63, 3.8) is 0 Å². The second-order valence-electron chi connectivity index (χ2n) is 9.90. The van der Waals surface area contributed by atoms with Crippen LogP contribution in [0.15, 0.2) is 78.4 Å². The van der Waals surface area contributed by atoms with E-state index in [0.29, 0.717) is 17.2 Å². The molecule has 6 rings (SSSR count). The Labute approximate surface area is 214 Å². The smallest absolute Gasteiger partial charge is 0.321 e. The number of carbonyl (C=O) groups is 2. The number of benzene rings is 2. The van der Waals surface area contributed by atoms with E-state index in [1.54, 1.807) is 18.5 Å². The Hall–Kier alpha value is -4.46. The van der Waals surface area contributed by atoms with Gasteiger partial charge in [0.15, 0.2) is 0 Å². The lowest BCUT2D eigenvalue weighted by molar-refractivity contribution is -0.139. The summed E-state index contributed by atoms with van der Waals surface area (Å²) in [6.45, 7) is 6.88. The van der Waals surface area contributed by atoms with Crippen molar-refractivity contribution in [2.75, 3.05) is 11.9 Å². The monoisotopic (exact) mass is 493 g/mol. The first-order valence-corrected chi connectivity index (χ1v) is 12.4. The summed E-state index contributed by atoms with van der Waals surface area (Å²) in [7, 11) is 0. The van der Waals surface area contributed by atoms with Crippen LogP contribution in [0.4, 0.5) is 5.69 Å². The fraction of sp³-hybridized carbons (Fsp3) is 0.241. The maximum Gasteiger partial charge on any atom is 0.321 e. The molecular formula is C29H27N5O3. The van der Waals surface area contributed by atoms with Crippen LogP contribution in [0.2, 0.25) is 0 Å². The summed E-state index contributed by atoms with van der Waals surface area (Å²) < 4.78 is 8.19. The quantitative estimate of drug-likeness (QED) is 0.417. The Morgan fingerprint density at radius 1 is 1.14 bits per heavy atom. The Bertz CT molecular complexity index is 1570. The number of aromatic nitrogens is 3. The van der Waals surface area contributed by atoms with E-state index < -0.39 is 0 Å². The number of ether oxygens (including phenoxy) is 1. The van der Waals surface area contributed by atoms with E-state index in [2.05, 4.69) is 46.0 Å². The molecule has 186 valence electrons. The lowest BCUT2D eigenvalue weighted by atomic mass is 9.84. The van der Waals surface area contributed by atoms with Gasteiger partial charge in [-0.1, -0.05) is 32.0 Å². The highest BCUT2D eigenvalue weighted by molar-refractivity contribution is 6.11. The molecule has 0 radical (unpaired) electrons. The molecule has 8 nitrogen and oxygen atoms in total. The van der Waals surface area contributed by atoms with E-state index >= 15 is 0 Å². The van der Waals surface area contributed by atoms with E-state index in [1.807, 2.05) is 36.4 Å². The Morgan fingerprint density at radius 3 is 2.68 bits per heavy atom. The number of imide groups is 1. The Balaban J connectivity index is 1.55. The summed E-state index contributed by atoms with van der Waals surface area (Å²) in [5.41, 5.74) is 5.30. The van der Waals surface area contributed by atoms with Crippen LogP contribution in [0.25, 0.3) is 10.9 Å². The van der Waals surface area contributed by atoms with E-state index in [0.717, 1.165) is 40.0 Å². The van der Waals surface area contributed by atoms with Gasteiger partial charge in [-0.2, -0.15) is 0 Å². The highest BCUT2D eigenvalue weighted by atomic mass is 16.5. The topological polar surface area (TPSA) is 89.3 Å². The maximum atomic E-state index is 13.7. The lowest BCUT2D eigenvalue weighted by Gasteiger charge is -2.20. The van der Waals surface area contributed by atoms with Crippen molar-refractivity contribution < 1.29 is 14.3 Å². The molecule has 2 aliphatic heterocycles. The molecule has 4 heterocycles. The summed E-state index contributed by atoms with van der Waals surface area (Å²) in [6.07, 6.45) is 5.41. The first-order chi connectivity index (χ1) is 17.9. The molecule has 8 heteroatoms. The van der Waals surface area contributed by atoms with Gasteiger partial charge in [-0.15, -0.1) is 0 Å². The third-order valence-electron chi connectivity index (χ3n) is 6.82. The summed E-state index contributed by atoms with van der Waals surface area (Å²) >= 11 is 0. The molecule has 1 N–H and O–H groups in total. The molecule has 1 atom stereocenters. The zero-order chi connectivity index (χ0) is 25.7. The molecule has 0 saturated heterocycles. The van der Waals surface area contributed by atoms with Crippen LogP contribution in [0.3, 0.4) is 0 Å². The molecule has 0 fully saturated rings. The van der Waals surface area contributed by atoms with Crippen molar-refractivity contribution in [2.24, 2.45) is 5.92 Å². The van der Waals surface area contributed by atoms with Crippen LogP contribution in [0.5, 0.6) is 11.8 Å². The summed E-state index contributed by atoms with van der Waals surface area (Å²) in [4.78, 5) is 35.7. The first kappa shape index (κ1) is 23.0. The molecule has 2 aromatic heterocycles. The Kier molecular flexibility index (Phi) is 5.52. The summed E-state index contributed by atoms with van der Waals surface area (Å²) in [5.74, 6) is 0.0883. The average Bonchev–Trinajstić information content (AvgIpc) is 3.34. The highest BCUT2D eigenvalue weighted by Crippen LogP contribution is 2.47. The molecule has 2 aliphatic rings. The second-order valence-corrected chi connectivity index (χ2v) is 9.90. The van der Waals surface area contributed by atoms with Crippen LogP contribution in [-0.4, -0.2) is 37.8 Å². The second kappa shape index (κ2) is 8.89. The molecule has 2 aromatic carbocycles. The summed E-state index contributed by atoms with van der Waals surface area (Å²) in [5, 5.41) is 4.61. The van der Waals surface area contributed by atoms with Crippen LogP contribution < -0.4 is 10.1 Å². The van der Waals surface area contributed by atoms with Crippen molar-refractivity contribution in [3.8, 4) is 11.8 Å². The zero-order valence-electron chi connectivity index (χ0n) is 20.9. The molecule has 4 aromatic rings. The van der Waals surface area contributed by atoms with Gasteiger partial charge in [0.1, 0.15) is 5.75 Å². The third kappa shape index (κ3) is 3.94. The van der Waals surface area contributed by atoms with Crippen LogP contribution >= 0.6 is 0 Å². The summed E-state index contributed by atoms with van der Waals surface area (Å²) in [6, 6.07) is 15.8. The van der Waals surface area contributed by atoms with E-state index in [4.69, 9.17) is 4.74 Å². The van der Waals surface area contributed by atoms with Crippen LogP contribution in [0.1, 0.15) is 37.8 Å². The van der Waals surface area contributed by atoms with E-state index in [-0.39, 0.29) is 30.3 Å². The van der Waals surface area contributed by atoms with Gasteiger partial charge in [0, 0.05) is 54.7 Å². The number of carbonyl (C=O) groups excluding carboxylic acids is 2. The van der Waals surface area contributed by atoms with Gasteiger partial charge in [-0.25, -0.2) is 9.97 Å². The predicted octanol–water partition coefficient (Wildman–Crippen LogP) is 5.08. The minimum atomic E-state index is -0.390. The van der Waals surface area contributed by atoms with Crippen molar-refractivity contribution in [1.29, 1.82) is 0 Å². The highest BCUT2D eigenvalue weighted by Gasteiger charge is 2.41. The fourth-order valence-electron chi connectivity index (χ4n) is 5.37. The van der Waals surface area contributed by atoms with Crippen LogP contribution in [-0.2, 0) is 16.1 Å². The minimum Gasteiger partial charge on any atom is -0.424 e. The standard InChI is InChI=1S/C29H27N5O3/c1-17(2)14-33-15-21-25(19-7-4-8-20(13-19)37-29-30-11-6-12-31-29)27-23(16-34(18(3)35)28(27)36)32-22-9-5-10-24(33)26(21)22/h4-13,15,17,25,32H,14,16H2,1-3H3. The lowest BCUT2D eigenvalue weighted by Crippen LogP contribution is -2.33. The van der Waals surface area contributed by atoms with Crippen molar-refractivity contribution >= 4 is 28.4 Å². The van der Waals surface area contributed by atoms with Gasteiger partial charge in [-0.3, -0.25) is 14.5 Å². The predicted molar refractivity (Wildman–Crippen MR) is 140 cm³/mol. The van der Waals surface area contributed by atoms with E-state index in [1.165, 1.54) is 11.8 Å². The SMILES string of the molecule is CC(=O)N1CC2=C(C1=O)C(c1cccc(Oc3ncccn3)c1)c1cn(CC(C)C)c3cccc(c13)N2. The maximum absolute atomic E-state index is 13.7. The van der Waals surface area contributed by atoms with Gasteiger partial charge >= 0.3 is 6.01 Å². The number of amides is 2. The largest absolute Gasteiger partial charge is 0.424 e. The van der Waals surface area contributed by atoms with Gasteiger partial charge in [0.2, 0.25) is 5.91 Å². The Morgan fingerprint density at radius 2 is 1.92 bits per heavy atom. The molecule has 0 bridgehead atoms. The van der Waals surface area contributed by atoms with Crippen molar-refractivity contribution in [3.05, 3.63) is 89.5 Å². The van der Waals surface area contributed by atoms with Crippen LogP contribution in [0, 0.1) is 5.92 Å². The number of anilines is 1. The van der Waals surface area contributed by atoms with Gasteiger partial charge in [0.25, 0.3) is 5.91 Å². The molecule has 2 amide bonds. The van der Waals surface area contributed by atoms with Crippen molar-refractivity contribution in [1.82, 2.24) is 19.4 Å². The molecule has 0 aliphatic carbocycles.